The number of rotatable bonds is 5. The summed E-state index contributed by atoms with van der Waals surface area (Å²) < 4.78 is 13.2. The maximum atomic E-state index is 13.2. The van der Waals surface area contributed by atoms with Gasteiger partial charge in [-0.05, 0) is 37.3 Å². The molecule has 3 nitrogen and oxygen atoms in total. The molecule has 3 rings (SSSR count). The number of nitrogens with one attached hydrogen (secondary N) is 1. The van der Waals surface area contributed by atoms with E-state index < -0.39 is 5.82 Å². The summed E-state index contributed by atoms with van der Waals surface area (Å²) in [6.45, 7) is 2.43. The highest BCUT2D eigenvalue weighted by atomic mass is 35.5. The highest BCUT2D eigenvalue weighted by Gasteiger charge is 2.11. The van der Waals surface area contributed by atoms with Crippen LogP contribution in [0.5, 0.6) is 0 Å². The summed E-state index contributed by atoms with van der Waals surface area (Å²) in [6.07, 6.45) is 0.679. The number of hydrogen-bond donors (Lipinski definition) is 1. The third-order valence-corrected chi connectivity index (χ3v) is 5.23. The quantitative estimate of drug-likeness (QED) is 0.691. The van der Waals surface area contributed by atoms with Gasteiger partial charge in [0.15, 0.2) is 0 Å². The molecular weight excluding hydrogens is 359 g/mol. The molecule has 1 aromatic heterocycles. The standard InChI is InChI=1S/C19H16ClFN2OS/c1-12-17(25-19(23-12)13-5-7-15(20)8-6-13)9-10-22-18(24)14-3-2-4-16(21)11-14/h2-8,11H,9-10H2,1H3,(H,22,24). The molecule has 25 heavy (non-hydrogen) atoms. The second-order valence-electron chi connectivity index (χ2n) is 5.55. The molecule has 1 amide bonds. The highest BCUT2D eigenvalue weighted by molar-refractivity contribution is 7.15. The van der Waals surface area contributed by atoms with Crippen LogP contribution in [0.4, 0.5) is 4.39 Å². The zero-order valence-corrected chi connectivity index (χ0v) is 15.1. The summed E-state index contributed by atoms with van der Waals surface area (Å²) in [5, 5.41) is 4.44. The van der Waals surface area contributed by atoms with Crippen LogP contribution in [0.2, 0.25) is 5.02 Å². The fraction of sp³-hybridized carbons (Fsp3) is 0.158. The second kappa shape index (κ2) is 7.76. The highest BCUT2D eigenvalue weighted by Crippen LogP contribution is 2.28. The van der Waals surface area contributed by atoms with Gasteiger partial charge in [-0.25, -0.2) is 9.37 Å². The van der Waals surface area contributed by atoms with Crippen LogP contribution in [0.1, 0.15) is 20.9 Å². The lowest BCUT2D eigenvalue weighted by Crippen LogP contribution is -2.25. The Morgan fingerprint density at radius 2 is 2.00 bits per heavy atom. The number of amides is 1. The van der Waals surface area contributed by atoms with Crippen LogP contribution in [0.3, 0.4) is 0 Å². The summed E-state index contributed by atoms with van der Waals surface area (Å²) in [6, 6.07) is 13.2. The van der Waals surface area contributed by atoms with E-state index in [0.29, 0.717) is 23.6 Å². The van der Waals surface area contributed by atoms with Gasteiger partial charge in [-0.15, -0.1) is 11.3 Å². The lowest BCUT2D eigenvalue weighted by atomic mass is 10.2. The topological polar surface area (TPSA) is 42.0 Å². The van der Waals surface area contributed by atoms with Crippen molar-refractivity contribution in [1.29, 1.82) is 0 Å². The molecule has 0 aliphatic rings. The van der Waals surface area contributed by atoms with Crippen molar-refractivity contribution >= 4 is 28.8 Å². The molecule has 1 N–H and O–H groups in total. The third-order valence-electron chi connectivity index (χ3n) is 3.71. The van der Waals surface area contributed by atoms with Gasteiger partial charge in [-0.2, -0.15) is 0 Å². The van der Waals surface area contributed by atoms with Gasteiger partial charge in [0, 0.05) is 34.0 Å². The number of halogens is 2. The van der Waals surface area contributed by atoms with Crippen molar-refractivity contribution in [3.05, 3.63) is 75.5 Å². The summed E-state index contributed by atoms with van der Waals surface area (Å²) >= 11 is 7.52. The predicted octanol–water partition coefficient (Wildman–Crippen LogP) is 4.88. The smallest absolute Gasteiger partial charge is 0.251 e. The fourth-order valence-corrected chi connectivity index (χ4v) is 3.59. The monoisotopic (exact) mass is 374 g/mol. The molecule has 0 unspecified atom stereocenters. The first-order valence-electron chi connectivity index (χ1n) is 7.79. The Kier molecular flexibility index (Phi) is 5.46. The van der Waals surface area contributed by atoms with Crippen LogP contribution >= 0.6 is 22.9 Å². The second-order valence-corrected chi connectivity index (χ2v) is 7.07. The molecule has 1 heterocycles. The van der Waals surface area contributed by atoms with Crippen molar-refractivity contribution in [2.75, 3.05) is 6.54 Å². The summed E-state index contributed by atoms with van der Waals surface area (Å²) in [4.78, 5) is 17.7. The molecule has 6 heteroatoms. The van der Waals surface area contributed by atoms with E-state index in [1.807, 2.05) is 31.2 Å². The van der Waals surface area contributed by atoms with Gasteiger partial charge in [-0.1, -0.05) is 29.8 Å². The molecule has 0 saturated heterocycles. The SMILES string of the molecule is Cc1nc(-c2ccc(Cl)cc2)sc1CCNC(=O)c1cccc(F)c1. The zero-order chi connectivity index (χ0) is 17.8. The molecular formula is C19H16ClFN2OS. The van der Waals surface area contributed by atoms with Crippen molar-refractivity contribution in [3.63, 3.8) is 0 Å². The van der Waals surface area contributed by atoms with Gasteiger partial charge in [0.25, 0.3) is 5.91 Å². The van der Waals surface area contributed by atoms with Crippen molar-refractivity contribution in [2.24, 2.45) is 0 Å². The van der Waals surface area contributed by atoms with Crippen molar-refractivity contribution in [3.8, 4) is 10.6 Å². The maximum Gasteiger partial charge on any atom is 0.251 e. The molecule has 0 fully saturated rings. The van der Waals surface area contributed by atoms with Crippen LogP contribution in [0.15, 0.2) is 48.5 Å². The van der Waals surface area contributed by atoms with Crippen LogP contribution < -0.4 is 5.32 Å². The first-order chi connectivity index (χ1) is 12.0. The van der Waals surface area contributed by atoms with E-state index in [0.717, 1.165) is 21.1 Å². The number of hydrogen-bond acceptors (Lipinski definition) is 3. The normalized spacial score (nSPS) is 10.7. The van der Waals surface area contributed by atoms with Crippen molar-refractivity contribution < 1.29 is 9.18 Å². The van der Waals surface area contributed by atoms with Gasteiger partial charge < -0.3 is 5.32 Å². The van der Waals surface area contributed by atoms with E-state index in [4.69, 9.17) is 11.6 Å². The molecule has 3 aromatic rings. The van der Waals surface area contributed by atoms with Crippen LogP contribution in [-0.4, -0.2) is 17.4 Å². The lowest BCUT2D eigenvalue weighted by molar-refractivity contribution is 0.0953. The first-order valence-corrected chi connectivity index (χ1v) is 8.98. The number of nitrogens with zero attached hydrogens (tertiary/aromatic N) is 1. The Morgan fingerprint density at radius 1 is 1.24 bits per heavy atom. The molecule has 0 atom stereocenters. The Bertz CT molecular complexity index is 893. The zero-order valence-electron chi connectivity index (χ0n) is 13.6. The predicted molar refractivity (Wildman–Crippen MR) is 99.7 cm³/mol. The molecule has 0 saturated carbocycles. The fourth-order valence-electron chi connectivity index (χ4n) is 2.40. The Labute approximate surface area is 154 Å². The largest absolute Gasteiger partial charge is 0.352 e. The number of carbonyl (C=O) groups excluding carboxylic acids is 1. The van der Waals surface area contributed by atoms with Crippen molar-refractivity contribution in [2.45, 2.75) is 13.3 Å². The molecule has 0 radical (unpaired) electrons. The van der Waals surface area contributed by atoms with Crippen molar-refractivity contribution in [1.82, 2.24) is 10.3 Å². The van der Waals surface area contributed by atoms with E-state index in [9.17, 15) is 9.18 Å². The minimum atomic E-state index is -0.418. The minimum absolute atomic E-state index is 0.278. The number of aryl methyl sites for hydroxylation is 1. The van der Waals surface area contributed by atoms with Crippen LogP contribution in [-0.2, 0) is 6.42 Å². The summed E-state index contributed by atoms with van der Waals surface area (Å²) in [5.74, 6) is -0.696. The van der Waals surface area contributed by atoms with Crippen LogP contribution in [0.25, 0.3) is 10.6 Å². The molecule has 2 aromatic carbocycles. The maximum absolute atomic E-state index is 13.2. The van der Waals surface area contributed by atoms with Gasteiger partial charge in [0.2, 0.25) is 0 Å². The Balaban J connectivity index is 1.62. The lowest BCUT2D eigenvalue weighted by Gasteiger charge is -2.04. The molecule has 0 aliphatic heterocycles. The Morgan fingerprint density at radius 3 is 2.72 bits per heavy atom. The molecule has 0 aliphatic carbocycles. The molecule has 0 spiro atoms. The van der Waals surface area contributed by atoms with E-state index >= 15 is 0 Å². The molecule has 0 bridgehead atoms. The number of carbonyl (C=O) groups is 1. The summed E-state index contributed by atoms with van der Waals surface area (Å²) in [7, 11) is 0. The van der Waals surface area contributed by atoms with E-state index in [-0.39, 0.29) is 5.91 Å². The van der Waals surface area contributed by atoms with E-state index in [1.165, 1.54) is 18.2 Å². The number of benzene rings is 2. The third kappa shape index (κ3) is 4.44. The number of thiazole rings is 1. The van der Waals surface area contributed by atoms with E-state index in [1.54, 1.807) is 17.4 Å². The van der Waals surface area contributed by atoms with Gasteiger partial charge >= 0.3 is 0 Å². The number of aromatic nitrogens is 1. The molecule has 128 valence electrons. The van der Waals surface area contributed by atoms with Gasteiger partial charge in [0.05, 0.1) is 5.69 Å². The average Bonchev–Trinajstić information content (AvgIpc) is 2.96. The van der Waals surface area contributed by atoms with E-state index in [2.05, 4.69) is 10.3 Å². The minimum Gasteiger partial charge on any atom is -0.352 e. The van der Waals surface area contributed by atoms with Crippen LogP contribution in [0, 0.1) is 12.7 Å². The van der Waals surface area contributed by atoms with Gasteiger partial charge in [-0.3, -0.25) is 4.79 Å². The average molecular weight is 375 g/mol. The first kappa shape index (κ1) is 17.6. The summed E-state index contributed by atoms with van der Waals surface area (Å²) in [5.41, 5.74) is 2.30. The Hall–Kier alpha value is -2.24. The van der Waals surface area contributed by atoms with Gasteiger partial charge in [0.1, 0.15) is 10.8 Å².